The van der Waals surface area contributed by atoms with E-state index in [9.17, 15) is 22.8 Å². The highest BCUT2D eigenvalue weighted by molar-refractivity contribution is 5.96. The number of carboxylic acids is 1. The minimum Gasteiger partial charge on any atom is -0.478 e. The Morgan fingerprint density at radius 2 is 2.00 bits per heavy atom. The van der Waals surface area contributed by atoms with Gasteiger partial charge in [-0.2, -0.15) is 13.2 Å². The lowest BCUT2D eigenvalue weighted by atomic mass is 10.2. The molecular formula is C11H8F3N3O3. The second kappa shape index (κ2) is 4.51. The number of carbonyl (C=O) groups is 2. The molecule has 0 aliphatic rings. The minimum absolute atomic E-state index is 0.0516. The molecule has 2 rings (SSSR count). The van der Waals surface area contributed by atoms with Gasteiger partial charge in [-0.15, -0.1) is 0 Å². The molecule has 0 aliphatic heterocycles. The van der Waals surface area contributed by atoms with E-state index in [-0.39, 0.29) is 17.0 Å². The maximum Gasteiger partial charge on any atom is 0.471 e. The summed E-state index contributed by atoms with van der Waals surface area (Å²) in [5.41, 5.74) is 0.515. The fourth-order valence-electron chi connectivity index (χ4n) is 1.62. The topological polar surface area (TPSA) is 84.2 Å². The van der Waals surface area contributed by atoms with Crippen LogP contribution in [0.3, 0.4) is 0 Å². The number of rotatable bonds is 2. The number of nitrogens with one attached hydrogen (secondary N) is 1. The highest BCUT2D eigenvalue weighted by atomic mass is 19.4. The van der Waals surface area contributed by atoms with Crippen molar-refractivity contribution in [2.45, 2.75) is 6.18 Å². The highest BCUT2D eigenvalue weighted by Gasteiger charge is 2.39. The molecule has 0 bridgehead atoms. The lowest BCUT2D eigenvalue weighted by Gasteiger charge is -2.07. The van der Waals surface area contributed by atoms with E-state index in [0.717, 1.165) is 0 Å². The summed E-state index contributed by atoms with van der Waals surface area (Å²) in [7, 11) is 1.40. The number of aromatic carboxylic acids is 1. The molecule has 0 radical (unpaired) electrons. The molecule has 0 fully saturated rings. The first-order valence-corrected chi connectivity index (χ1v) is 5.28. The molecule has 1 heterocycles. The van der Waals surface area contributed by atoms with Gasteiger partial charge in [0, 0.05) is 7.05 Å². The summed E-state index contributed by atoms with van der Waals surface area (Å²) in [6, 6.07) is 3.90. The molecule has 2 N–H and O–H groups in total. The maximum absolute atomic E-state index is 12.2. The van der Waals surface area contributed by atoms with E-state index < -0.39 is 18.1 Å². The number of carbonyl (C=O) groups excluding carboxylic acids is 1. The fourth-order valence-corrected chi connectivity index (χ4v) is 1.62. The Morgan fingerprint density at radius 3 is 2.55 bits per heavy atom. The molecule has 2 aromatic rings. The van der Waals surface area contributed by atoms with Gasteiger partial charge in [-0.3, -0.25) is 10.1 Å². The molecule has 0 saturated heterocycles. The van der Waals surface area contributed by atoms with Crippen LogP contribution in [0.25, 0.3) is 11.0 Å². The summed E-state index contributed by atoms with van der Waals surface area (Å²) >= 11 is 0. The summed E-state index contributed by atoms with van der Waals surface area (Å²) in [4.78, 5) is 25.4. The molecule has 0 saturated carbocycles. The van der Waals surface area contributed by atoms with E-state index in [4.69, 9.17) is 5.11 Å². The predicted molar refractivity (Wildman–Crippen MR) is 62.4 cm³/mol. The van der Waals surface area contributed by atoms with Crippen molar-refractivity contribution in [1.29, 1.82) is 0 Å². The number of amides is 1. The third kappa shape index (κ3) is 2.42. The third-order valence-electron chi connectivity index (χ3n) is 2.61. The van der Waals surface area contributed by atoms with Crippen molar-refractivity contribution in [3.63, 3.8) is 0 Å². The Labute approximate surface area is 109 Å². The van der Waals surface area contributed by atoms with E-state index in [2.05, 4.69) is 4.98 Å². The Morgan fingerprint density at radius 1 is 1.35 bits per heavy atom. The van der Waals surface area contributed by atoms with Gasteiger partial charge in [-0.05, 0) is 18.2 Å². The average Bonchev–Trinajstić information content (AvgIpc) is 2.64. The molecule has 1 amide bonds. The Balaban J connectivity index is 2.43. The second-order valence-corrected chi connectivity index (χ2v) is 3.95. The van der Waals surface area contributed by atoms with E-state index in [1.165, 1.54) is 29.8 Å². The van der Waals surface area contributed by atoms with Gasteiger partial charge in [0.05, 0.1) is 16.6 Å². The van der Waals surface area contributed by atoms with Crippen molar-refractivity contribution in [3.8, 4) is 0 Å². The summed E-state index contributed by atoms with van der Waals surface area (Å²) in [5.74, 6) is -3.64. The van der Waals surface area contributed by atoms with Gasteiger partial charge in [0.15, 0.2) is 0 Å². The second-order valence-electron chi connectivity index (χ2n) is 3.95. The van der Waals surface area contributed by atoms with Crippen molar-refractivity contribution in [2.75, 3.05) is 5.32 Å². The lowest BCUT2D eigenvalue weighted by Crippen LogP contribution is -2.31. The van der Waals surface area contributed by atoms with Crippen molar-refractivity contribution < 1.29 is 27.9 Å². The molecule has 20 heavy (non-hydrogen) atoms. The zero-order valence-electron chi connectivity index (χ0n) is 10.0. The van der Waals surface area contributed by atoms with Crippen LogP contribution in [0.15, 0.2) is 18.2 Å². The molecule has 0 atom stereocenters. The predicted octanol–water partition coefficient (Wildman–Crippen LogP) is 1.77. The fraction of sp³-hybridized carbons (Fsp3) is 0.182. The van der Waals surface area contributed by atoms with Crippen molar-refractivity contribution >= 4 is 28.9 Å². The van der Waals surface area contributed by atoms with Crippen LogP contribution in [-0.4, -0.2) is 32.7 Å². The normalized spacial score (nSPS) is 11.6. The molecule has 6 nitrogen and oxygen atoms in total. The van der Waals surface area contributed by atoms with Gasteiger partial charge in [-0.25, -0.2) is 9.78 Å². The number of halogens is 3. The largest absolute Gasteiger partial charge is 0.478 e. The minimum atomic E-state index is -5.02. The molecule has 0 unspecified atom stereocenters. The summed E-state index contributed by atoms with van der Waals surface area (Å²) in [6.07, 6.45) is -5.02. The van der Waals surface area contributed by atoms with Crippen LogP contribution in [0.5, 0.6) is 0 Å². The van der Waals surface area contributed by atoms with Crippen LogP contribution in [0.1, 0.15) is 10.4 Å². The number of imidazole rings is 1. The number of anilines is 1. The first-order chi connectivity index (χ1) is 9.20. The van der Waals surface area contributed by atoms with Crippen LogP contribution >= 0.6 is 0 Å². The number of nitrogens with zero attached hydrogens (tertiary/aromatic N) is 2. The van der Waals surface area contributed by atoms with Crippen LogP contribution < -0.4 is 5.32 Å². The molecule has 1 aromatic heterocycles. The van der Waals surface area contributed by atoms with Crippen LogP contribution in [0, 0.1) is 0 Å². The molecule has 0 spiro atoms. The summed E-state index contributed by atoms with van der Waals surface area (Å²) in [6.45, 7) is 0. The average molecular weight is 287 g/mol. The molecule has 106 valence electrons. The number of fused-ring (bicyclic) bond motifs is 1. The van der Waals surface area contributed by atoms with Crippen LogP contribution in [-0.2, 0) is 11.8 Å². The Kier molecular flexibility index (Phi) is 3.12. The molecular weight excluding hydrogens is 279 g/mol. The zero-order chi connectivity index (χ0) is 15.1. The Bertz CT molecular complexity index is 706. The number of hydrogen-bond acceptors (Lipinski definition) is 3. The van der Waals surface area contributed by atoms with Crippen LogP contribution in [0.2, 0.25) is 0 Å². The van der Waals surface area contributed by atoms with Gasteiger partial charge in [0.1, 0.15) is 0 Å². The number of carboxylic acid groups (broad SMARTS) is 1. The highest BCUT2D eigenvalue weighted by Crippen LogP contribution is 2.22. The van der Waals surface area contributed by atoms with Gasteiger partial charge < -0.3 is 9.67 Å². The van der Waals surface area contributed by atoms with E-state index in [1.54, 1.807) is 5.32 Å². The number of alkyl halides is 3. The van der Waals surface area contributed by atoms with Crippen LogP contribution in [0.4, 0.5) is 19.1 Å². The summed E-state index contributed by atoms with van der Waals surface area (Å²) in [5, 5.41) is 10.4. The van der Waals surface area contributed by atoms with E-state index >= 15 is 0 Å². The molecule has 9 heteroatoms. The number of benzene rings is 1. The van der Waals surface area contributed by atoms with Gasteiger partial charge in [-0.1, -0.05) is 0 Å². The molecule has 0 aliphatic carbocycles. The Hall–Kier alpha value is -2.58. The van der Waals surface area contributed by atoms with Gasteiger partial charge >= 0.3 is 18.1 Å². The third-order valence-corrected chi connectivity index (χ3v) is 2.61. The number of hydrogen-bond donors (Lipinski definition) is 2. The van der Waals surface area contributed by atoms with Crippen molar-refractivity contribution in [2.24, 2.45) is 7.05 Å². The maximum atomic E-state index is 12.2. The van der Waals surface area contributed by atoms with E-state index in [1.807, 2.05) is 0 Å². The quantitative estimate of drug-likeness (QED) is 0.881. The number of aryl methyl sites for hydroxylation is 1. The van der Waals surface area contributed by atoms with Crippen molar-refractivity contribution in [3.05, 3.63) is 23.8 Å². The standard InChI is InChI=1S/C11H8F3N3O3/c1-17-7-3-2-5(8(18)19)4-6(7)15-10(17)16-9(20)11(12,13)14/h2-4H,1H3,(H,18,19)(H,15,16,20). The van der Waals surface area contributed by atoms with Gasteiger partial charge in [0.25, 0.3) is 0 Å². The number of aromatic nitrogens is 2. The molecule has 1 aromatic carbocycles. The lowest BCUT2D eigenvalue weighted by molar-refractivity contribution is -0.167. The first kappa shape index (κ1) is 13.8. The van der Waals surface area contributed by atoms with Crippen molar-refractivity contribution in [1.82, 2.24) is 9.55 Å². The smallest absolute Gasteiger partial charge is 0.471 e. The summed E-state index contributed by atoms with van der Waals surface area (Å²) < 4.78 is 37.7. The monoisotopic (exact) mass is 287 g/mol. The SMILES string of the molecule is Cn1c(NC(=O)C(F)(F)F)nc2cc(C(=O)O)ccc21. The van der Waals surface area contributed by atoms with E-state index in [0.29, 0.717) is 5.52 Å². The van der Waals surface area contributed by atoms with Gasteiger partial charge in [0.2, 0.25) is 5.95 Å². The zero-order valence-corrected chi connectivity index (χ0v) is 10.0. The first-order valence-electron chi connectivity index (χ1n) is 5.28.